The van der Waals surface area contributed by atoms with Gasteiger partial charge < -0.3 is 9.47 Å². The minimum atomic E-state index is -3.69. The minimum absolute atomic E-state index is 0.321. The maximum absolute atomic E-state index is 12.5. The number of hydrogen-bond donors (Lipinski definition) is 1. The van der Waals surface area contributed by atoms with Gasteiger partial charge >= 0.3 is 0 Å². The summed E-state index contributed by atoms with van der Waals surface area (Å²) in [5, 5.41) is 4.62. The van der Waals surface area contributed by atoms with E-state index in [1.807, 2.05) is 45.0 Å². The molecule has 0 saturated heterocycles. The maximum Gasteiger partial charge on any atom is 0.260 e. The predicted octanol–water partition coefficient (Wildman–Crippen LogP) is 4.85. The third kappa shape index (κ3) is 7.96. The lowest BCUT2D eigenvalue weighted by Gasteiger charge is -2.23. The fraction of sp³-hybridized carbons (Fsp3) is 0.259. The molecule has 1 N–H and O–H groups in total. The van der Waals surface area contributed by atoms with Crippen LogP contribution in [0.3, 0.4) is 0 Å². The Kier molecular flexibility index (Phi) is 9.54. The zero-order valence-electron chi connectivity index (χ0n) is 21.2. The van der Waals surface area contributed by atoms with Gasteiger partial charge in [0.2, 0.25) is 10.0 Å². The minimum Gasteiger partial charge on any atom is -0.490 e. The van der Waals surface area contributed by atoms with Crippen LogP contribution in [0.4, 0.5) is 5.69 Å². The summed E-state index contributed by atoms with van der Waals surface area (Å²) in [6.07, 6.45) is 2.51. The normalized spacial score (nSPS) is 11.4. The number of halogens is 1. The number of amides is 1. The molecule has 0 heterocycles. The number of carbonyl (C=O) groups is 1. The van der Waals surface area contributed by atoms with Gasteiger partial charge in [-0.05, 0) is 79.4 Å². The molecule has 0 bridgehead atoms. The van der Waals surface area contributed by atoms with Crippen molar-refractivity contribution in [1.82, 2.24) is 5.43 Å². The van der Waals surface area contributed by atoms with E-state index in [2.05, 4.69) is 10.5 Å². The van der Waals surface area contributed by atoms with Crippen LogP contribution in [-0.2, 0) is 21.4 Å². The van der Waals surface area contributed by atoms with Gasteiger partial charge in [-0.2, -0.15) is 5.10 Å². The molecule has 1 amide bonds. The van der Waals surface area contributed by atoms with E-state index in [9.17, 15) is 13.2 Å². The number of sulfonamides is 1. The van der Waals surface area contributed by atoms with Gasteiger partial charge in [-0.3, -0.25) is 9.10 Å². The lowest BCUT2D eigenvalue weighted by atomic mass is 10.1. The molecule has 0 aliphatic carbocycles. The molecule has 3 aromatic rings. The highest BCUT2D eigenvalue weighted by atomic mass is 35.5. The Morgan fingerprint density at radius 3 is 2.51 bits per heavy atom. The zero-order chi connectivity index (χ0) is 27.0. The fourth-order valence-corrected chi connectivity index (χ4v) is 4.63. The van der Waals surface area contributed by atoms with Crippen LogP contribution in [0.2, 0.25) is 5.02 Å². The molecule has 0 radical (unpaired) electrons. The molecule has 0 aromatic heterocycles. The highest BCUT2D eigenvalue weighted by Crippen LogP contribution is 2.29. The first-order valence-corrected chi connectivity index (χ1v) is 13.8. The number of rotatable bonds is 11. The van der Waals surface area contributed by atoms with Crippen LogP contribution in [0.25, 0.3) is 0 Å². The van der Waals surface area contributed by atoms with Crippen molar-refractivity contribution in [3.63, 3.8) is 0 Å². The summed E-state index contributed by atoms with van der Waals surface area (Å²) in [6, 6.07) is 18.0. The van der Waals surface area contributed by atoms with Crippen LogP contribution in [0.15, 0.2) is 65.8 Å². The quantitative estimate of drug-likeness (QED) is 0.275. The first kappa shape index (κ1) is 28.0. The van der Waals surface area contributed by atoms with Crippen molar-refractivity contribution < 1.29 is 22.7 Å². The molecule has 0 aliphatic heterocycles. The molecule has 37 heavy (non-hydrogen) atoms. The first-order chi connectivity index (χ1) is 17.6. The van der Waals surface area contributed by atoms with Crippen molar-refractivity contribution in [1.29, 1.82) is 0 Å². The molecule has 0 saturated carbocycles. The third-order valence-corrected chi connectivity index (χ3v) is 6.85. The molecule has 0 unspecified atom stereocenters. The Balaban J connectivity index is 1.68. The molecule has 8 nitrogen and oxygen atoms in total. The number of hydrazone groups is 1. The maximum atomic E-state index is 12.5. The average molecular weight is 544 g/mol. The van der Waals surface area contributed by atoms with Crippen LogP contribution in [-0.4, -0.2) is 39.9 Å². The number of benzene rings is 3. The summed E-state index contributed by atoms with van der Waals surface area (Å²) < 4.78 is 37.5. The van der Waals surface area contributed by atoms with Crippen LogP contribution in [0.5, 0.6) is 11.5 Å². The standard InChI is InChI=1S/C27H30ClN3O5S/c1-5-35-26-15-21(12-13-25(26)36-18-22-9-7-10-23(28)14-22)16-29-30-27(32)17-31(37(4,33)34)24-11-6-8-19(2)20(24)3/h6-16H,5,17-18H2,1-4H3,(H,30,32). The number of hydrogen-bond acceptors (Lipinski definition) is 6. The molecular weight excluding hydrogens is 514 g/mol. The highest BCUT2D eigenvalue weighted by molar-refractivity contribution is 7.92. The molecule has 3 aromatic carbocycles. The highest BCUT2D eigenvalue weighted by Gasteiger charge is 2.22. The Morgan fingerprint density at radius 1 is 1.05 bits per heavy atom. The van der Waals surface area contributed by atoms with E-state index in [-0.39, 0.29) is 0 Å². The SMILES string of the molecule is CCOc1cc(C=NNC(=O)CN(c2cccc(C)c2C)S(C)(=O)=O)ccc1OCc1cccc(Cl)c1. The van der Waals surface area contributed by atoms with Crippen molar-refractivity contribution >= 4 is 39.4 Å². The van der Waals surface area contributed by atoms with Gasteiger partial charge in [0.1, 0.15) is 13.2 Å². The number of carbonyl (C=O) groups excluding carboxylic acids is 1. The van der Waals surface area contributed by atoms with Gasteiger partial charge in [0.05, 0.1) is 24.8 Å². The van der Waals surface area contributed by atoms with E-state index in [4.69, 9.17) is 21.1 Å². The summed E-state index contributed by atoms with van der Waals surface area (Å²) in [4.78, 5) is 12.5. The first-order valence-electron chi connectivity index (χ1n) is 11.6. The Labute approximate surface area is 222 Å². The number of nitrogens with one attached hydrogen (secondary N) is 1. The lowest BCUT2D eigenvalue weighted by Crippen LogP contribution is -2.39. The molecule has 0 spiro atoms. The molecule has 196 valence electrons. The zero-order valence-corrected chi connectivity index (χ0v) is 22.8. The van der Waals surface area contributed by atoms with Crippen molar-refractivity contribution in [3.8, 4) is 11.5 Å². The number of ether oxygens (including phenoxy) is 2. The van der Waals surface area contributed by atoms with Crippen molar-refractivity contribution in [2.75, 3.05) is 23.7 Å². The van der Waals surface area contributed by atoms with E-state index in [1.165, 1.54) is 6.21 Å². The van der Waals surface area contributed by atoms with Crippen LogP contribution in [0.1, 0.15) is 29.2 Å². The van der Waals surface area contributed by atoms with Gasteiger partial charge in [0.15, 0.2) is 11.5 Å². The molecule has 0 atom stereocenters. The molecule has 0 aliphatic rings. The number of anilines is 1. The van der Waals surface area contributed by atoms with E-state index < -0.39 is 22.5 Å². The monoisotopic (exact) mass is 543 g/mol. The third-order valence-electron chi connectivity index (χ3n) is 5.49. The van der Waals surface area contributed by atoms with Crippen molar-refractivity contribution in [3.05, 3.63) is 87.9 Å². The molecule has 3 rings (SSSR count). The van der Waals surface area contributed by atoms with Crippen LogP contribution < -0.4 is 19.2 Å². The van der Waals surface area contributed by atoms with Gasteiger partial charge in [-0.1, -0.05) is 35.9 Å². The lowest BCUT2D eigenvalue weighted by molar-refractivity contribution is -0.119. The second-order valence-electron chi connectivity index (χ2n) is 8.34. The summed E-state index contributed by atoms with van der Waals surface area (Å²) in [6.45, 7) is 5.92. The molecular formula is C27H30ClN3O5S. The van der Waals surface area contributed by atoms with Gasteiger partial charge in [-0.25, -0.2) is 13.8 Å². The van der Waals surface area contributed by atoms with E-state index in [0.29, 0.717) is 41.0 Å². The summed E-state index contributed by atoms with van der Waals surface area (Å²) in [5.41, 5.74) is 6.14. The summed E-state index contributed by atoms with van der Waals surface area (Å²) in [7, 11) is -3.69. The van der Waals surface area contributed by atoms with E-state index in [0.717, 1.165) is 27.3 Å². The number of aryl methyl sites for hydroxylation is 1. The molecule has 0 fully saturated rings. The molecule has 10 heteroatoms. The van der Waals surface area contributed by atoms with Gasteiger partial charge in [0.25, 0.3) is 5.91 Å². The second-order valence-corrected chi connectivity index (χ2v) is 10.7. The summed E-state index contributed by atoms with van der Waals surface area (Å²) in [5.74, 6) is 0.507. The summed E-state index contributed by atoms with van der Waals surface area (Å²) >= 11 is 6.04. The number of nitrogens with zero attached hydrogens (tertiary/aromatic N) is 2. The topological polar surface area (TPSA) is 97.3 Å². The van der Waals surface area contributed by atoms with Gasteiger partial charge in [-0.15, -0.1) is 0 Å². The predicted molar refractivity (Wildman–Crippen MR) is 147 cm³/mol. The fourth-order valence-electron chi connectivity index (χ4n) is 3.51. The second kappa shape index (κ2) is 12.6. The van der Waals surface area contributed by atoms with Crippen LogP contribution >= 0.6 is 11.6 Å². The van der Waals surface area contributed by atoms with Gasteiger partial charge in [0, 0.05) is 5.02 Å². The van der Waals surface area contributed by atoms with Crippen molar-refractivity contribution in [2.45, 2.75) is 27.4 Å². The Hall–Kier alpha value is -3.56. The Bertz CT molecular complexity index is 1390. The van der Waals surface area contributed by atoms with Crippen molar-refractivity contribution in [2.24, 2.45) is 5.10 Å². The van der Waals surface area contributed by atoms with Crippen LogP contribution in [0, 0.1) is 13.8 Å². The average Bonchev–Trinajstić information content (AvgIpc) is 2.83. The van der Waals surface area contributed by atoms with E-state index >= 15 is 0 Å². The van der Waals surface area contributed by atoms with E-state index in [1.54, 1.807) is 36.4 Å². The Morgan fingerprint density at radius 2 is 1.81 bits per heavy atom. The smallest absolute Gasteiger partial charge is 0.260 e. The largest absolute Gasteiger partial charge is 0.490 e.